The standard InChI is InChI=1S/C51H80N12O12/c1-28(44(53)68)56-47(71)34-26-54-23-20-38(34)60-50(74)41(18-19-43(66)67)62-46(70)33-10-4-6-12-37(33)58-51(75)42(25-30-14-16-31(65)17-15-30)63-48(72)35-27-55-24-21-39(35)59-49(73)40(13-7-8-22-52)61-45(69)32-9-3-5-11-36(32)57-29(2)64/h14-17,28,32-42,54-55,65H,3-13,18-27,52H2,1-2H3,(H2,53,68)(H,56,71)(H,57,64)(H,58,75)(H,59,73)(H,60,74)(H,61,69)(H,62,70)(H,63,72)(H,66,67)/t28-,32?,33?,34?,35?,36?,37?,38?,39?,40-,41-,42-/m0/s1. The summed E-state index contributed by atoms with van der Waals surface area (Å²) in [4.78, 5) is 133. The summed E-state index contributed by atoms with van der Waals surface area (Å²) in [5.41, 5.74) is 11.7. The molecule has 2 saturated carbocycles. The van der Waals surface area contributed by atoms with Crippen molar-refractivity contribution in [1.82, 2.24) is 53.2 Å². The molecule has 24 nitrogen and oxygen atoms in total. The van der Waals surface area contributed by atoms with Crippen LogP contribution in [0, 0.1) is 23.7 Å². The molecule has 24 heteroatoms. The number of hydrogen-bond acceptors (Lipinski definition) is 14. The lowest BCUT2D eigenvalue weighted by Gasteiger charge is -2.36. The van der Waals surface area contributed by atoms with Gasteiger partial charge in [0.05, 0.1) is 23.7 Å². The van der Waals surface area contributed by atoms with Crippen LogP contribution in [-0.2, 0) is 54.4 Å². The maximum atomic E-state index is 14.5. The topological polar surface area (TPSA) is 383 Å². The zero-order valence-corrected chi connectivity index (χ0v) is 43.2. The van der Waals surface area contributed by atoms with Crippen molar-refractivity contribution >= 4 is 59.1 Å². The maximum Gasteiger partial charge on any atom is 0.303 e. The molecule has 16 N–H and O–H groups in total. The van der Waals surface area contributed by atoms with E-state index in [9.17, 15) is 58.2 Å². The molecule has 12 atom stereocenters. The van der Waals surface area contributed by atoms with Crippen molar-refractivity contribution in [3.05, 3.63) is 29.8 Å². The number of aliphatic carboxylic acids is 1. The van der Waals surface area contributed by atoms with E-state index < -0.39 is 120 Å². The lowest BCUT2D eigenvalue weighted by molar-refractivity contribution is -0.139. The van der Waals surface area contributed by atoms with Crippen molar-refractivity contribution < 1.29 is 58.2 Å². The molecule has 1 aromatic carbocycles. The fourth-order valence-electron chi connectivity index (χ4n) is 10.6. The van der Waals surface area contributed by atoms with Crippen molar-refractivity contribution in [1.29, 1.82) is 0 Å². The van der Waals surface area contributed by atoms with E-state index in [1.807, 2.05) is 0 Å². The summed E-state index contributed by atoms with van der Waals surface area (Å²) in [6.07, 6.45) is 6.12. The lowest BCUT2D eigenvalue weighted by Crippen LogP contribution is -2.61. The highest BCUT2D eigenvalue weighted by Crippen LogP contribution is 2.27. The van der Waals surface area contributed by atoms with Gasteiger partial charge < -0.3 is 74.8 Å². The highest BCUT2D eigenvalue weighted by atomic mass is 16.4. The number of phenols is 1. The van der Waals surface area contributed by atoms with Gasteiger partial charge in [0, 0.05) is 57.0 Å². The number of benzene rings is 1. The van der Waals surface area contributed by atoms with E-state index in [0.717, 1.165) is 12.8 Å². The van der Waals surface area contributed by atoms with Crippen molar-refractivity contribution in [3.63, 3.8) is 0 Å². The molecule has 1 aromatic rings. The van der Waals surface area contributed by atoms with Crippen LogP contribution in [0.2, 0.25) is 0 Å². The molecule has 2 aliphatic carbocycles. The fraction of sp³-hybridized carbons (Fsp3) is 0.686. The molecule has 75 heavy (non-hydrogen) atoms. The van der Waals surface area contributed by atoms with Crippen LogP contribution < -0.4 is 64.6 Å². The van der Waals surface area contributed by atoms with Gasteiger partial charge in [-0.05, 0) is 108 Å². The van der Waals surface area contributed by atoms with Crippen LogP contribution in [0.5, 0.6) is 5.75 Å². The molecule has 0 radical (unpaired) electrons. The van der Waals surface area contributed by atoms with E-state index in [-0.39, 0.29) is 49.5 Å². The maximum absolute atomic E-state index is 14.5. The van der Waals surface area contributed by atoms with Crippen molar-refractivity contribution in [2.75, 3.05) is 32.7 Å². The number of primary amides is 1. The summed E-state index contributed by atoms with van der Waals surface area (Å²) in [5.74, 6) is -9.08. The number of rotatable bonds is 25. The third-order valence-corrected chi connectivity index (χ3v) is 14.9. The molecule has 0 spiro atoms. The van der Waals surface area contributed by atoms with E-state index in [4.69, 9.17) is 11.5 Å². The summed E-state index contributed by atoms with van der Waals surface area (Å²) in [5, 5.41) is 48.7. The smallest absolute Gasteiger partial charge is 0.303 e. The van der Waals surface area contributed by atoms with Gasteiger partial charge in [0.1, 0.15) is 29.9 Å². The van der Waals surface area contributed by atoms with Gasteiger partial charge in [0.2, 0.25) is 53.2 Å². The number of carbonyl (C=O) groups is 10. The minimum atomic E-state index is -1.33. The summed E-state index contributed by atoms with van der Waals surface area (Å²) in [7, 11) is 0. The first-order valence-electron chi connectivity index (χ1n) is 26.6. The highest BCUT2D eigenvalue weighted by Gasteiger charge is 2.41. The second kappa shape index (κ2) is 29.6. The molecule has 5 rings (SSSR count). The minimum Gasteiger partial charge on any atom is -0.508 e. The van der Waals surface area contributed by atoms with Gasteiger partial charge in [-0.25, -0.2) is 0 Å². The number of aromatic hydroxyl groups is 1. The molecule has 9 amide bonds. The Hall–Kier alpha value is -6.40. The van der Waals surface area contributed by atoms with Crippen molar-refractivity contribution in [2.24, 2.45) is 35.1 Å². The number of phenolic OH excluding ortho intramolecular Hbond substituents is 1. The van der Waals surface area contributed by atoms with Gasteiger partial charge >= 0.3 is 5.97 Å². The number of piperidine rings is 2. The SMILES string of the molecule is CC(=O)NC1CCCCC1C(=O)N[C@@H](CCCCN)C(=O)NC1CCNCC1C(=O)N[C@@H](Cc1ccc(O)cc1)C(=O)NC1CCCCC1C(=O)N[C@@H](CCC(=O)O)C(=O)NC1CCNCC1C(=O)N[C@@H](C)C(N)=O. The monoisotopic (exact) mass is 1050 g/mol. The quantitative estimate of drug-likeness (QED) is 0.0468. The summed E-state index contributed by atoms with van der Waals surface area (Å²) in [6.45, 7) is 4.45. The van der Waals surface area contributed by atoms with E-state index in [1.54, 1.807) is 12.1 Å². The number of unbranched alkanes of at least 4 members (excludes halogenated alkanes) is 1. The van der Waals surface area contributed by atoms with Gasteiger partial charge in [0.25, 0.3) is 0 Å². The molecule has 4 fully saturated rings. The molecule has 2 saturated heterocycles. The third kappa shape index (κ3) is 18.4. The summed E-state index contributed by atoms with van der Waals surface area (Å²) >= 11 is 0. The van der Waals surface area contributed by atoms with Gasteiger partial charge in [-0.2, -0.15) is 0 Å². The lowest BCUT2D eigenvalue weighted by atomic mass is 9.83. The number of amides is 9. The Kier molecular flexibility index (Phi) is 23.5. The van der Waals surface area contributed by atoms with E-state index in [2.05, 4.69) is 53.2 Å². The molecule has 0 bridgehead atoms. The van der Waals surface area contributed by atoms with Crippen LogP contribution in [0.15, 0.2) is 24.3 Å². The van der Waals surface area contributed by atoms with Crippen LogP contribution in [0.1, 0.15) is 116 Å². The molecule has 4 aliphatic rings. The Labute approximate surface area is 437 Å². The number of carboxylic acids is 1. The number of nitrogens with one attached hydrogen (secondary N) is 10. The van der Waals surface area contributed by atoms with Gasteiger partial charge in [0.15, 0.2) is 0 Å². The molecule has 416 valence electrons. The van der Waals surface area contributed by atoms with Crippen LogP contribution >= 0.6 is 0 Å². The molecule has 2 aliphatic heterocycles. The zero-order valence-electron chi connectivity index (χ0n) is 43.2. The molecule has 8 unspecified atom stereocenters. The zero-order chi connectivity index (χ0) is 54.6. The van der Waals surface area contributed by atoms with Gasteiger partial charge in [-0.3, -0.25) is 47.9 Å². The van der Waals surface area contributed by atoms with Gasteiger partial charge in [-0.15, -0.1) is 0 Å². The fourth-order valence-corrected chi connectivity index (χ4v) is 10.6. The third-order valence-electron chi connectivity index (χ3n) is 14.9. The number of carbonyl (C=O) groups excluding carboxylic acids is 9. The second-order valence-electron chi connectivity index (χ2n) is 20.5. The number of hydrogen-bond donors (Lipinski definition) is 14. The predicted molar refractivity (Wildman–Crippen MR) is 273 cm³/mol. The minimum absolute atomic E-state index is 0.0123. The average molecular weight is 1050 g/mol. The molecule has 0 aromatic heterocycles. The summed E-state index contributed by atoms with van der Waals surface area (Å²) < 4.78 is 0. The van der Waals surface area contributed by atoms with Crippen LogP contribution in [-0.4, -0.2) is 150 Å². The first-order chi connectivity index (χ1) is 35.8. The van der Waals surface area contributed by atoms with Crippen LogP contribution in [0.3, 0.4) is 0 Å². The summed E-state index contributed by atoms with van der Waals surface area (Å²) in [6, 6.07) is -0.905. The average Bonchev–Trinajstić information content (AvgIpc) is 3.37. The Balaban J connectivity index is 1.30. The number of nitrogens with two attached hydrogens (primary N) is 2. The predicted octanol–water partition coefficient (Wildman–Crippen LogP) is -2.07. The van der Waals surface area contributed by atoms with E-state index in [1.165, 1.54) is 26.0 Å². The largest absolute Gasteiger partial charge is 0.508 e. The Morgan fingerprint density at radius 1 is 0.587 bits per heavy atom. The van der Waals surface area contributed by atoms with E-state index >= 15 is 0 Å². The highest BCUT2D eigenvalue weighted by molar-refractivity contribution is 5.93. The van der Waals surface area contributed by atoms with Crippen molar-refractivity contribution in [3.8, 4) is 5.75 Å². The number of carboxylic acid groups (broad SMARTS) is 1. The second-order valence-corrected chi connectivity index (χ2v) is 20.5. The Morgan fingerprint density at radius 2 is 1.03 bits per heavy atom. The Bertz CT molecular complexity index is 2170. The van der Waals surface area contributed by atoms with Crippen LogP contribution in [0.4, 0.5) is 0 Å². The molecular weight excluding hydrogens is 973 g/mol. The first kappa shape index (κ1) is 59.5. The van der Waals surface area contributed by atoms with Gasteiger partial charge in [-0.1, -0.05) is 37.8 Å². The van der Waals surface area contributed by atoms with E-state index in [0.29, 0.717) is 95.8 Å². The first-order valence-corrected chi connectivity index (χ1v) is 26.6. The van der Waals surface area contributed by atoms with Crippen LogP contribution in [0.25, 0.3) is 0 Å². The molecular formula is C51H80N12O12. The van der Waals surface area contributed by atoms with Crippen molar-refractivity contribution in [2.45, 2.75) is 165 Å². The Morgan fingerprint density at radius 3 is 1.52 bits per heavy atom. The molecule has 2 heterocycles. The normalized spacial score (nSPS) is 25.3.